The number of carbonyl (C=O) groups excluding carboxylic acids is 1. The molecule has 0 saturated carbocycles. The van der Waals surface area contributed by atoms with Gasteiger partial charge in [0.15, 0.2) is 4.34 Å². The molecule has 30 heavy (non-hydrogen) atoms. The zero-order valence-electron chi connectivity index (χ0n) is 16.0. The number of aromatic nitrogens is 2. The highest BCUT2D eigenvalue weighted by Crippen LogP contribution is 2.35. The van der Waals surface area contributed by atoms with Crippen LogP contribution in [0.15, 0.2) is 55.1 Å². The van der Waals surface area contributed by atoms with E-state index in [1.165, 1.54) is 28.1 Å². The summed E-state index contributed by atoms with van der Waals surface area (Å²) in [7, 11) is 0. The van der Waals surface area contributed by atoms with Gasteiger partial charge in [0.05, 0.1) is 31.5 Å². The summed E-state index contributed by atoms with van der Waals surface area (Å²) in [6.07, 6.45) is 3.74. The van der Waals surface area contributed by atoms with Gasteiger partial charge in [0, 0.05) is 19.5 Å². The number of thioether (sulfide) groups is 1. The molecule has 2 aliphatic rings. The molecule has 0 radical (unpaired) electrons. The zero-order valence-corrected chi connectivity index (χ0v) is 17.6. The minimum absolute atomic E-state index is 0.119. The standard InChI is InChI=1S/C19H19N5O4S2/c25-17(12-29-19-21-20-18(30-19)23-5-9-26-10-6-23)24-14(16-4-2-8-28-16)11-13(22-24)15-3-1-7-27-15/h1-4,7-8,14H,5-6,9-12H2. The van der Waals surface area contributed by atoms with Crippen LogP contribution in [0, 0.1) is 0 Å². The quantitative estimate of drug-likeness (QED) is 0.534. The van der Waals surface area contributed by atoms with Crippen molar-refractivity contribution in [2.75, 3.05) is 37.0 Å². The summed E-state index contributed by atoms with van der Waals surface area (Å²) in [5.74, 6) is 1.45. The highest BCUT2D eigenvalue weighted by molar-refractivity contribution is 8.01. The molecule has 0 bridgehead atoms. The SMILES string of the molecule is O=C(CSc1nnc(N2CCOCC2)s1)N1N=C(c2ccco2)CC1c1ccco1. The minimum atomic E-state index is -0.286. The highest BCUT2D eigenvalue weighted by Gasteiger charge is 2.35. The topological polar surface area (TPSA) is 97.2 Å². The van der Waals surface area contributed by atoms with E-state index in [-0.39, 0.29) is 17.7 Å². The molecule has 0 aromatic carbocycles. The second-order valence-electron chi connectivity index (χ2n) is 6.74. The Labute approximate surface area is 180 Å². The first kappa shape index (κ1) is 19.3. The third-order valence-corrected chi connectivity index (χ3v) is 6.94. The number of hydrazone groups is 1. The van der Waals surface area contributed by atoms with Gasteiger partial charge in [-0.15, -0.1) is 10.2 Å². The monoisotopic (exact) mass is 445 g/mol. The van der Waals surface area contributed by atoms with Crippen LogP contribution in [0.4, 0.5) is 5.13 Å². The molecule has 0 aliphatic carbocycles. The van der Waals surface area contributed by atoms with E-state index >= 15 is 0 Å². The molecule has 1 unspecified atom stereocenters. The first-order valence-electron chi connectivity index (χ1n) is 9.54. The second-order valence-corrected chi connectivity index (χ2v) is 8.91. The Kier molecular flexibility index (Phi) is 5.56. The summed E-state index contributed by atoms with van der Waals surface area (Å²) in [6, 6.07) is 7.03. The van der Waals surface area contributed by atoms with E-state index in [1.807, 2.05) is 24.3 Å². The summed E-state index contributed by atoms with van der Waals surface area (Å²) < 4.78 is 17.2. The summed E-state index contributed by atoms with van der Waals surface area (Å²) >= 11 is 2.86. The molecule has 3 aromatic rings. The smallest absolute Gasteiger partial charge is 0.253 e. The number of carbonyl (C=O) groups is 1. The lowest BCUT2D eigenvalue weighted by Crippen LogP contribution is -2.36. The van der Waals surface area contributed by atoms with E-state index in [4.69, 9.17) is 13.6 Å². The molecule has 5 rings (SSSR count). The molecule has 9 nitrogen and oxygen atoms in total. The number of furan rings is 2. The largest absolute Gasteiger partial charge is 0.467 e. The number of nitrogens with zero attached hydrogens (tertiary/aromatic N) is 5. The van der Waals surface area contributed by atoms with E-state index in [1.54, 1.807) is 12.5 Å². The van der Waals surface area contributed by atoms with Crippen molar-refractivity contribution in [3.63, 3.8) is 0 Å². The Hall–Kier alpha value is -2.63. The van der Waals surface area contributed by atoms with E-state index < -0.39 is 0 Å². The van der Waals surface area contributed by atoms with Crippen LogP contribution >= 0.6 is 23.1 Å². The summed E-state index contributed by atoms with van der Waals surface area (Å²) in [5.41, 5.74) is 0.727. The lowest BCUT2D eigenvalue weighted by atomic mass is 10.1. The van der Waals surface area contributed by atoms with Crippen molar-refractivity contribution in [2.45, 2.75) is 16.8 Å². The number of morpholine rings is 1. The van der Waals surface area contributed by atoms with E-state index in [0.717, 1.165) is 28.3 Å². The van der Waals surface area contributed by atoms with Gasteiger partial charge in [0.2, 0.25) is 5.13 Å². The summed E-state index contributed by atoms with van der Waals surface area (Å²) in [4.78, 5) is 15.2. The number of hydrogen-bond donors (Lipinski definition) is 0. The molecule has 0 N–H and O–H groups in total. The maximum atomic E-state index is 13.0. The molecule has 1 amide bonds. The molecular weight excluding hydrogens is 426 g/mol. The summed E-state index contributed by atoms with van der Waals surface area (Å²) in [5, 5.41) is 15.4. The predicted octanol–water partition coefficient (Wildman–Crippen LogP) is 3.03. The van der Waals surface area contributed by atoms with Crippen LogP contribution in [0.5, 0.6) is 0 Å². The van der Waals surface area contributed by atoms with Crippen molar-refractivity contribution in [3.8, 4) is 0 Å². The molecule has 11 heteroatoms. The Morgan fingerprint density at radius 1 is 1.17 bits per heavy atom. The van der Waals surface area contributed by atoms with E-state index in [2.05, 4.69) is 20.2 Å². The summed E-state index contributed by atoms with van der Waals surface area (Å²) in [6.45, 7) is 3.00. The number of amides is 1. The number of hydrogen-bond acceptors (Lipinski definition) is 10. The normalized spacial score (nSPS) is 19.3. The lowest BCUT2D eigenvalue weighted by molar-refractivity contribution is -0.130. The molecule has 1 saturated heterocycles. The lowest BCUT2D eigenvalue weighted by Gasteiger charge is -2.25. The Bertz CT molecular complexity index is 1010. The van der Waals surface area contributed by atoms with Crippen molar-refractivity contribution in [3.05, 3.63) is 48.3 Å². The maximum Gasteiger partial charge on any atom is 0.253 e. The second kappa shape index (κ2) is 8.62. The maximum absolute atomic E-state index is 13.0. The Balaban J connectivity index is 1.27. The molecule has 5 heterocycles. The van der Waals surface area contributed by atoms with Crippen molar-refractivity contribution in [1.82, 2.24) is 15.2 Å². The molecule has 1 atom stereocenters. The zero-order chi connectivity index (χ0) is 20.3. The van der Waals surface area contributed by atoms with Gasteiger partial charge >= 0.3 is 0 Å². The average molecular weight is 446 g/mol. The van der Waals surface area contributed by atoms with Crippen molar-refractivity contribution in [1.29, 1.82) is 0 Å². The number of anilines is 1. The van der Waals surface area contributed by atoms with Gasteiger partial charge in [-0.1, -0.05) is 23.1 Å². The van der Waals surface area contributed by atoms with Crippen LogP contribution in [0.3, 0.4) is 0 Å². The first-order valence-corrected chi connectivity index (χ1v) is 11.3. The molecule has 3 aromatic heterocycles. The van der Waals surface area contributed by atoms with Crippen LogP contribution in [-0.4, -0.2) is 58.9 Å². The van der Waals surface area contributed by atoms with Crippen LogP contribution in [0.2, 0.25) is 0 Å². The van der Waals surface area contributed by atoms with Gasteiger partial charge in [0.25, 0.3) is 5.91 Å². The van der Waals surface area contributed by atoms with Gasteiger partial charge < -0.3 is 18.5 Å². The van der Waals surface area contributed by atoms with Gasteiger partial charge in [-0.2, -0.15) is 5.10 Å². The Morgan fingerprint density at radius 2 is 2.00 bits per heavy atom. The average Bonchev–Trinajstić information content (AvgIpc) is 3.57. The third-order valence-electron chi connectivity index (χ3n) is 4.84. The number of rotatable bonds is 6. The van der Waals surface area contributed by atoms with Gasteiger partial charge in [0.1, 0.15) is 23.3 Å². The fourth-order valence-electron chi connectivity index (χ4n) is 3.37. The van der Waals surface area contributed by atoms with Crippen LogP contribution in [0.1, 0.15) is 24.0 Å². The van der Waals surface area contributed by atoms with Gasteiger partial charge in [-0.3, -0.25) is 4.79 Å². The fraction of sp³-hybridized carbons (Fsp3) is 0.368. The molecule has 2 aliphatic heterocycles. The molecule has 1 fully saturated rings. The third kappa shape index (κ3) is 4.00. The van der Waals surface area contributed by atoms with E-state index in [9.17, 15) is 4.79 Å². The highest BCUT2D eigenvalue weighted by atomic mass is 32.2. The van der Waals surface area contributed by atoms with Crippen LogP contribution in [-0.2, 0) is 9.53 Å². The fourth-order valence-corrected chi connectivity index (χ4v) is 5.11. The van der Waals surface area contributed by atoms with Crippen LogP contribution < -0.4 is 4.90 Å². The van der Waals surface area contributed by atoms with Gasteiger partial charge in [-0.25, -0.2) is 5.01 Å². The molecule has 156 valence electrons. The molecule has 0 spiro atoms. The Morgan fingerprint density at radius 3 is 2.77 bits per heavy atom. The first-order chi connectivity index (χ1) is 14.8. The van der Waals surface area contributed by atoms with E-state index in [0.29, 0.717) is 31.2 Å². The minimum Gasteiger partial charge on any atom is -0.467 e. The predicted molar refractivity (Wildman–Crippen MR) is 112 cm³/mol. The van der Waals surface area contributed by atoms with Crippen molar-refractivity contribution < 1.29 is 18.4 Å². The molecular formula is C19H19N5O4S2. The number of ether oxygens (including phenoxy) is 1. The van der Waals surface area contributed by atoms with Crippen molar-refractivity contribution in [2.24, 2.45) is 5.10 Å². The van der Waals surface area contributed by atoms with Crippen molar-refractivity contribution >= 4 is 39.8 Å². The van der Waals surface area contributed by atoms with Crippen LogP contribution in [0.25, 0.3) is 0 Å². The van der Waals surface area contributed by atoms with Gasteiger partial charge in [-0.05, 0) is 24.3 Å².